The van der Waals surface area contributed by atoms with Gasteiger partial charge in [0.1, 0.15) is 11.9 Å². The van der Waals surface area contributed by atoms with Crippen molar-refractivity contribution in [2.45, 2.75) is 59.2 Å². The van der Waals surface area contributed by atoms with Crippen LogP contribution in [0.5, 0.6) is 0 Å². The Morgan fingerprint density at radius 1 is 1.00 bits per heavy atom. The Morgan fingerprint density at radius 3 is 2.11 bits per heavy atom. The quantitative estimate of drug-likeness (QED) is 0.748. The summed E-state index contributed by atoms with van der Waals surface area (Å²) in [4.78, 5) is 27.5. The van der Waals surface area contributed by atoms with E-state index >= 15 is 0 Å². The number of amides is 2. The molecule has 2 rings (SSSR count). The zero-order valence-electron chi connectivity index (χ0n) is 17.0. The summed E-state index contributed by atoms with van der Waals surface area (Å²) in [6, 6.07) is 13.3. The van der Waals surface area contributed by atoms with Crippen molar-refractivity contribution in [2.75, 3.05) is 0 Å². The van der Waals surface area contributed by atoms with Crippen LogP contribution in [0.15, 0.2) is 48.5 Å². The average molecular weight is 384 g/mol. The zero-order chi connectivity index (χ0) is 20.7. The highest BCUT2D eigenvalue weighted by atomic mass is 19.1. The second kappa shape index (κ2) is 10.0. The van der Waals surface area contributed by atoms with Crippen LogP contribution in [0, 0.1) is 12.7 Å². The molecule has 0 heterocycles. The first kappa shape index (κ1) is 21.6. The smallest absolute Gasteiger partial charge is 0.243 e. The molecule has 0 aromatic heterocycles. The van der Waals surface area contributed by atoms with Crippen molar-refractivity contribution in [3.05, 3.63) is 71.0 Å². The Bertz CT molecular complexity index is 785. The molecule has 0 spiro atoms. The van der Waals surface area contributed by atoms with Crippen molar-refractivity contribution in [2.24, 2.45) is 0 Å². The number of nitrogens with zero attached hydrogens (tertiary/aromatic N) is 1. The van der Waals surface area contributed by atoms with Gasteiger partial charge in [0.05, 0.1) is 6.42 Å². The molecule has 4 nitrogen and oxygen atoms in total. The second-order valence-electron chi connectivity index (χ2n) is 7.40. The highest BCUT2D eigenvalue weighted by Crippen LogP contribution is 2.16. The SMILES string of the molecule is CCC(C(=O)NC(C)C)N(Cc1ccc(C)cc1)C(=O)Cc1ccc(F)cc1. The van der Waals surface area contributed by atoms with Gasteiger partial charge in [-0.25, -0.2) is 4.39 Å². The number of nitrogens with one attached hydrogen (secondary N) is 1. The van der Waals surface area contributed by atoms with E-state index in [0.717, 1.165) is 16.7 Å². The summed E-state index contributed by atoms with van der Waals surface area (Å²) >= 11 is 0. The van der Waals surface area contributed by atoms with Crippen molar-refractivity contribution < 1.29 is 14.0 Å². The van der Waals surface area contributed by atoms with Crippen molar-refractivity contribution >= 4 is 11.8 Å². The summed E-state index contributed by atoms with van der Waals surface area (Å²) in [5.74, 6) is -0.648. The average Bonchev–Trinajstić information content (AvgIpc) is 2.64. The van der Waals surface area contributed by atoms with E-state index in [1.54, 1.807) is 17.0 Å². The lowest BCUT2D eigenvalue weighted by atomic mass is 10.1. The summed E-state index contributed by atoms with van der Waals surface area (Å²) in [6.45, 7) is 8.05. The van der Waals surface area contributed by atoms with Gasteiger partial charge in [0.2, 0.25) is 11.8 Å². The van der Waals surface area contributed by atoms with E-state index < -0.39 is 6.04 Å². The van der Waals surface area contributed by atoms with Crippen LogP contribution < -0.4 is 5.32 Å². The number of halogens is 1. The molecule has 0 fully saturated rings. The van der Waals surface area contributed by atoms with Gasteiger partial charge in [0.15, 0.2) is 0 Å². The van der Waals surface area contributed by atoms with Gasteiger partial charge in [-0.05, 0) is 50.5 Å². The number of hydrogen-bond donors (Lipinski definition) is 1. The van der Waals surface area contributed by atoms with Crippen LogP contribution in [0.2, 0.25) is 0 Å². The maximum Gasteiger partial charge on any atom is 0.243 e. The summed E-state index contributed by atoms with van der Waals surface area (Å²) in [6.07, 6.45) is 0.636. The molecular weight excluding hydrogens is 355 g/mol. The molecule has 0 aliphatic rings. The van der Waals surface area contributed by atoms with E-state index in [2.05, 4.69) is 5.32 Å². The van der Waals surface area contributed by atoms with Gasteiger partial charge < -0.3 is 10.2 Å². The Labute approximate surface area is 166 Å². The van der Waals surface area contributed by atoms with E-state index in [1.807, 2.05) is 52.0 Å². The molecule has 0 aliphatic heterocycles. The van der Waals surface area contributed by atoms with Crippen molar-refractivity contribution in [1.82, 2.24) is 10.2 Å². The number of carbonyl (C=O) groups excluding carboxylic acids is 2. The van der Waals surface area contributed by atoms with Crippen LogP contribution in [0.3, 0.4) is 0 Å². The first-order chi connectivity index (χ1) is 13.3. The molecule has 1 unspecified atom stereocenters. The van der Waals surface area contributed by atoms with Gasteiger partial charge in [-0.2, -0.15) is 0 Å². The first-order valence-electron chi connectivity index (χ1n) is 9.70. The standard InChI is InChI=1S/C23H29FN2O2/c1-5-21(23(28)25-16(2)3)26(15-19-8-6-17(4)7-9-19)22(27)14-18-10-12-20(24)13-11-18/h6-13,16,21H,5,14-15H2,1-4H3,(H,25,28). The summed E-state index contributed by atoms with van der Waals surface area (Å²) in [7, 11) is 0. The molecule has 0 saturated heterocycles. The second-order valence-corrected chi connectivity index (χ2v) is 7.40. The summed E-state index contributed by atoms with van der Waals surface area (Å²) in [5.41, 5.74) is 2.82. The molecule has 0 saturated carbocycles. The van der Waals surface area contributed by atoms with Crippen molar-refractivity contribution in [1.29, 1.82) is 0 Å². The third-order valence-corrected chi connectivity index (χ3v) is 4.56. The molecule has 1 N–H and O–H groups in total. The van der Waals surface area contributed by atoms with Gasteiger partial charge in [-0.1, -0.05) is 48.9 Å². The number of hydrogen-bond acceptors (Lipinski definition) is 2. The Hall–Kier alpha value is -2.69. The highest BCUT2D eigenvalue weighted by molar-refractivity contribution is 5.88. The molecule has 5 heteroatoms. The number of aryl methyl sites for hydroxylation is 1. The largest absolute Gasteiger partial charge is 0.352 e. The maximum absolute atomic E-state index is 13.2. The molecule has 150 valence electrons. The monoisotopic (exact) mass is 384 g/mol. The molecular formula is C23H29FN2O2. The molecule has 2 aromatic rings. The molecule has 0 radical (unpaired) electrons. The fourth-order valence-electron chi connectivity index (χ4n) is 3.07. The van der Waals surface area contributed by atoms with E-state index in [9.17, 15) is 14.0 Å². The number of carbonyl (C=O) groups is 2. The van der Waals surface area contributed by atoms with Gasteiger partial charge in [0.25, 0.3) is 0 Å². The first-order valence-corrected chi connectivity index (χ1v) is 9.70. The van der Waals surface area contributed by atoms with Crippen molar-refractivity contribution in [3.8, 4) is 0 Å². The van der Waals surface area contributed by atoms with Crippen LogP contribution >= 0.6 is 0 Å². The molecule has 0 aliphatic carbocycles. The topological polar surface area (TPSA) is 49.4 Å². The third kappa shape index (κ3) is 6.19. The van der Waals surface area contributed by atoms with E-state index in [-0.39, 0.29) is 30.1 Å². The fourth-order valence-corrected chi connectivity index (χ4v) is 3.07. The van der Waals surface area contributed by atoms with Gasteiger partial charge in [-0.15, -0.1) is 0 Å². The van der Waals surface area contributed by atoms with Crippen molar-refractivity contribution in [3.63, 3.8) is 0 Å². The van der Waals surface area contributed by atoms with Crippen LogP contribution in [-0.2, 0) is 22.6 Å². The lowest BCUT2D eigenvalue weighted by Gasteiger charge is -2.31. The third-order valence-electron chi connectivity index (χ3n) is 4.56. The van der Waals surface area contributed by atoms with E-state index in [0.29, 0.717) is 13.0 Å². The molecule has 2 aromatic carbocycles. The molecule has 2 amide bonds. The van der Waals surface area contributed by atoms with Crippen LogP contribution in [-0.4, -0.2) is 28.8 Å². The van der Waals surface area contributed by atoms with Crippen LogP contribution in [0.4, 0.5) is 4.39 Å². The lowest BCUT2D eigenvalue weighted by Crippen LogP contribution is -2.50. The molecule has 0 bridgehead atoms. The highest BCUT2D eigenvalue weighted by Gasteiger charge is 2.28. The Kier molecular flexibility index (Phi) is 7.73. The zero-order valence-corrected chi connectivity index (χ0v) is 17.0. The van der Waals surface area contributed by atoms with Crippen LogP contribution in [0.1, 0.15) is 43.9 Å². The minimum Gasteiger partial charge on any atom is -0.352 e. The van der Waals surface area contributed by atoms with Gasteiger partial charge >= 0.3 is 0 Å². The van der Waals surface area contributed by atoms with Gasteiger partial charge in [-0.3, -0.25) is 9.59 Å². The Balaban J connectivity index is 2.27. The summed E-state index contributed by atoms with van der Waals surface area (Å²) in [5, 5.41) is 2.91. The maximum atomic E-state index is 13.2. The van der Waals surface area contributed by atoms with E-state index in [4.69, 9.17) is 0 Å². The number of rotatable bonds is 8. The van der Waals surface area contributed by atoms with Crippen LogP contribution in [0.25, 0.3) is 0 Å². The predicted molar refractivity (Wildman–Crippen MR) is 109 cm³/mol. The van der Waals surface area contributed by atoms with Gasteiger partial charge in [0, 0.05) is 12.6 Å². The summed E-state index contributed by atoms with van der Waals surface area (Å²) < 4.78 is 13.2. The molecule has 28 heavy (non-hydrogen) atoms. The normalized spacial score (nSPS) is 11.9. The Morgan fingerprint density at radius 2 is 1.57 bits per heavy atom. The lowest BCUT2D eigenvalue weighted by molar-refractivity contribution is -0.141. The molecule has 1 atom stereocenters. The predicted octanol–water partition coefficient (Wildman–Crippen LogP) is 4.01. The minimum atomic E-state index is -0.559. The fraction of sp³-hybridized carbons (Fsp3) is 0.391. The van der Waals surface area contributed by atoms with E-state index in [1.165, 1.54) is 12.1 Å². The number of benzene rings is 2. The minimum absolute atomic E-state index is 0.00465.